The molecule has 14 heavy (non-hydrogen) atoms. The van der Waals surface area contributed by atoms with Gasteiger partial charge in [0.25, 0.3) is 0 Å². The van der Waals surface area contributed by atoms with Crippen molar-refractivity contribution in [3.8, 4) is 6.07 Å². The monoisotopic (exact) mass is 213 g/mol. The van der Waals surface area contributed by atoms with Crippen LogP contribution in [-0.2, 0) is 0 Å². The van der Waals surface area contributed by atoms with Crippen LogP contribution < -0.4 is 0 Å². The molecule has 0 saturated heterocycles. The fourth-order valence-corrected chi connectivity index (χ4v) is 4.28. The van der Waals surface area contributed by atoms with Gasteiger partial charge in [0.2, 0.25) is 0 Å². The number of unbranched alkanes of at least 4 members (excludes halogenated alkanes) is 3. The van der Waals surface area contributed by atoms with Crippen LogP contribution in [0.2, 0.25) is 0 Å². The largest absolute Gasteiger partial charge is 0.198 e. The van der Waals surface area contributed by atoms with Gasteiger partial charge in [0.05, 0.1) is 6.07 Å². The SMILES string of the molecule is CCCCP(CCCC)CCCC#N. The molecule has 0 aromatic carbocycles. The van der Waals surface area contributed by atoms with Crippen LogP contribution >= 0.6 is 7.92 Å². The van der Waals surface area contributed by atoms with Crippen LogP contribution in [-0.4, -0.2) is 18.5 Å². The molecule has 0 atom stereocenters. The summed E-state index contributed by atoms with van der Waals surface area (Å²) < 4.78 is 0. The first-order valence-electron chi connectivity index (χ1n) is 5.94. The van der Waals surface area contributed by atoms with Crippen molar-refractivity contribution in [2.75, 3.05) is 18.5 Å². The molecule has 0 N–H and O–H groups in total. The highest BCUT2D eigenvalue weighted by Gasteiger charge is 2.05. The predicted molar refractivity (Wildman–Crippen MR) is 66.2 cm³/mol. The van der Waals surface area contributed by atoms with Gasteiger partial charge in [-0.25, -0.2) is 0 Å². The molecule has 0 radical (unpaired) electrons. The van der Waals surface area contributed by atoms with Crippen LogP contribution in [0, 0.1) is 11.3 Å². The van der Waals surface area contributed by atoms with Crippen molar-refractivity contribution in [1.82, 2.24) is 0 Å². The second-order valence-corrected chi connectivity index (χ2v) is 6.49. The van der Waals surface area contributed by atoms with Gasteiger partial charge in [-0.1, -0.05) is 26.7 Å². The molecule has 0 unspecified atom stereocenters. The van der Waals surface area contributed by atoms with Gasteiger partial charge in [0.1, 0.15) is 0 Å². The van der Waals surface area contributed by atoms with E-state index in [0.717, 1.165) is 12.8 Å². The van der Waals surface area contributed by atoms with E-state index >= 15 is 0 Å². The Morgan fingerprint density at radius 2 is 1.43 bits per heavy atom. The van der Waals surface area contributed by atoms with E-state index < -0.39 is 0 Å². The number of hydrogen-bond donors (Lipinski definition) is 0. The highest BCUT2D eigenvalue weighted by Crippen LogP contribution is 2.38. The molecule has 0 aromatic rings. The number of rotatable bonds is 9. The van der Waals surface area contributed by atoms with Crippen LogP contribution in [0.15, 0.2) is 0 Å². The molecular weight excluding hydrogens is 189 g/mol. The molecule has 0 bridgehead atoms. The van der Waals surface area contributed by atoms with Gasteiger partial charge < -0.3 is 0 Å². The first-order chi connectivity index (χ1) is 6.85. The Morgan fingerprint density at radius 3 is 1.86 bits per heavy atom. The summed E-state index contributed by atoms with van der Waals surface area (Å²) in [6.07, 6.45) is 11.5. The topological polar surface area (TPSA) is 23.8 Å². The Morgan fingerprint density at radius 1 is 0.929 bits per heavy atom. The molecule has 1 nitrogen and oxygen atoms in total. The van der Waals surface area contributed by atoms with Crippen LogP contribution in [0.1, 0.15) is 52.4 Å². The third-order valence-corrected chi connectivity index (χ3v) is 5.26. The van der Waals surface area contributed by atoms with Crippen molar-refractivity contribution < 1.29 is 0 Å². The molecule has 0 rings (SSSR count). The van der Waals surface area contributed by atoms with Gasteiger partial charge in [0, 0.05) is 6.42 Å². The molecule has 0 aromatic heterocycles. The van der Waals surface area contributed by atoms with Crippen LogP contribution in [0.4, 0.5) is 0 Å². The standard InChI is InChI=1S/C12H24NP/c1-3-5-10-14(11-6-4-2)12-8-7-9-13/h3-8,10-12H2,1-2H3. The molecule has 0 heterocycles. The summed E-state index contributed by atoms with van der Waals surface area (Å²) in [5, 5.41) is 8.49. The lowest BCUT2D eigenvalue weighted by atomic mass is 10.4. The molecule has 0 amide bonds. The quantitative estimate of drug-likeness (QED) is 0.412. The average Bonchev–Trinajstić information content (AvgIpc) is 2.21. The van der Waals surface area contributed by atoms with Crippen LogP contribution in [0.5, 0.6) is 0 Å². The Balaban J connectivity index is 3.56. The van der Waals surface area contributed by atoms with E-state index in [1.54, 1.807) is 0 Å². The fraction of sp³-hybridized carbons (Fsp3) is 0.917. The van der Waals surface area contributed by atoms with Gasteiger partial charge >= 0.3 is 0 Å². The maximum atomic E-state index is 8.49. The second kappa shape index (κ2) is 11.0. The van der Waals surface area contributed by atoms with Crippen molar-refractivity contribution >= 4 is 7.92 Å². The summed E-state index contributed by atoms with van der Waals surface area (Å²) >= 11 is 0. The van der Waals surface area contributed by atoms with Gasteiger partial charge in [-0.2, -0.15) is 5.26 Å². The van der Waals surface area contributed by atoms with E-state index in [9.17, 15) is 0 Å². The Hall–Kier alpha value is -0.0800. The maximum Gasteiger partial charge on any atom is 0.0621 e. The predicted octanol–water partition coefficient (Wildman–Crippen LogP) is 4.37. The summed E-state index contributed by atoms with van der Waals surface area (Å²) in [4.78, 5) is 0. The van der Waals surface area contributed by atoms with Crippen molar-refractivity contribution in [3.05, 3.63) is 0 Å². The number of nitriles is 1. The molecule has 0 aliphatic rings. The Bertz CT molecular complexity index is 143. The smallest absolute Gasteiger partial charge is 0.0621 e. The second-order valence-electron chi connectivity index (χ2n) is 3.81. The first kappa shape index (κ1) is 13.9. The summed E-state index contributed by atoms with van der Waals surface area (Å²) in [6.45, 7) is 4.53. The molecule has 0 fully saturated rings. The lowest BCUT2D eigenvalue weighted by Crippen LogP contribution is -1.95. The van der Waals surface area contributed by atoms with Crippen molar-refractivity contribution in [2.24, 2.45) is 0 Å². The first-order valence-corrected chi connectivity index (χ1v) is 7.84. The van der Waals surface area contributed by atoms with E-state index in [4.69, 9.17) is 5.26 Å². The molecular formula is C12H24NP. The summed E-state index contributed by atoms with van der Waals surface area (Å²) in [5.41, 5.74) is 0. The fourth-order valence-electron chi connectivity index (χ4n) is 1.48. The zero-order chi connectivity index (χ0) is 10.6. The highest BCUT2D eigenvalue weighted by atomic mass is 31.1. The van der Waals surface area contributed by atoms with Gasteiger partial charge in [0.15, 0.2) is 0 Å². The molecule has 0 saturated carbocycles. The lowest BCUT2D eigenvalue weighted by Gasteiger charge is -2.16. The minimum absolute atomic E-state index is 0.265. The normalized spacial score (nSPS) is 10.4. The minimum atomic E-state index is 0.265. The molecule has 0 aliphatic heterocycles. The lowest BCUT2D eigenvalue weighted by molar-refractivity contribution is 0.859. The summed E-state index contributed by atoms with van der Waals surface area (Å²) in [5.74, 6) is 0. The third kappa shape index (κ3) is 8.52. The minimum Gasteiger partial charge on any atom is -0.198 e. The average molecular weight is 213 g/mol. The highest BCUT2D eigenvalue weighted by molar-refractivity contribution is 7.57. The van der Waals surface area contributed by atoms with Crippen molar-refractivity contribution in [3.63, 3.8) is 0 Å². The third-order valence-electron chi connectivity index (χ3n) is 2.42. The summed E-state index contributed by atoms with van der Waals surface area (Å²) in [6, 6.07) is 2.25. The van der Waals surface area contributed by atoms with E-state index in [0.29, 0.717) is 0 Å². The Kier molecular flexibility index (Phi) is 10.9. The van der Waals surface area contributed by atoms with Crippen LogP contribution in [0.3, 0.4) is 0 Å². The van der Waals surface area contributed by atoms with Crippen molar-refractivity contribution in [1.29, 1.82) is 5.26 Å². The molecule has 82 valence electrons. The van der Waals surface area contributed by atoms with Crippen LogP contribution in [0.25, 0.3) is 0 Å². The van der Waals surface area contributed by atoms with E-state index in [-0.39, 0.29) is 7.92 Å². The number of hydrogen-bond acceptors (Lipinski definition) is 1. The van der Waals surface area contributed by atoms with E-state index in [1.807, 2.05) is 0 Å². The zero-order valence-corrected chi connectivity index (χ0v) is 10.7. The molecule has 2 heteroatoms. The molecule has 0 spiro atoms. The van der Waals surface area contributed by atoms with Gasteiger partial charge in [-0.15, -0.1) is 7.92 Å². The molecule has 0 aliphatic carbocycles. The number of nitrogens with zero attached hydrogens (tertiary/aromatic N) is 1. The van der Waals surface area contributed by atoms with Crippen molar-refractivity contribution in [2.45, 2.75) is 52.4 Å². The van der Waals surface area contributed by atoms with E-state index in [1.165, 1.54) is 44.2 Å². The zero-order valence-electron chi connectivity index (χ0n) is 9.76. The van der Waals surface area contributed by atoms with Gasteiger partial charge in [-0.05, 0) is 37.7 Å². The van der Waals surface area contributed by atoms with E-state index in [2.05, 4.69) is 19.9 Å². The summed E-state index contributed by atoms with van der Waals surface area (Å²) in [7, 11) is 0.265. The maximum absolute atomic E-state index is 8.49. The Labute approximate surface area is 90.6 Å². The van der Waals surface area contributed by atoms with Gasteiger partial charge in [-0.3, -0.25) is 0 Å².